The molecule has 0 saturated heterocycles. The maximum absolute atomic E-state index is 11.9. The number of aromatic amines is 4. The molecule has 0 aliphatic heterocycles. The maximum Gasteiger partial charge on any atom is 0.328 e. The third kappa shape index (κ3) is 11.0. The highest BCUT2D eigenvalue weighted by Crippen LogP contribution is 2.29. The zero-order valence-corrected chi connectivity index (χ0v) is 40.0. The van der Waals surface area contributed by atoms with Gasteiger partial charge in [0.25, 0.3) is 22.2 Å². The van der Waals surface area contributed by atoms with E-state index in [4.69, 9.17) is 11.6 Å². The average molecular weight is 1000 g/mol. The van der Waals surface area contributed by atoms with Crippen molar-refractivity contribution < 1.29 is 0 Å². The Bertz CT molecular complexity index is 3560. The van der Waals surface area contributed by atoms with Gasteiger partial charge in [0.05, 0.1) is 60.0 Å². The molecule has 0 unspecified atom stereocenters. The van der Waals surface area contributed by atoms with E-state index in [0.717, 1.165) is 65.2 Å². The van der Waals surface area contributed by atoms with Crippen LogP contribution in [0.5, 0.6) is 0 Å². The first kappa shape index (κ1) is 49.1. The van der Waals surface area contributed by atoms with Crippen molar-refractivity contribution in [2.24, 2.45) is 34.1 Å². The third-order valence-electron chi connectivity index (χ3n) is 11.0. The molecule has 8 N–H and O–H groups in total. The second kappa shape index (κ2) is 20.8. The van der Waals surface area contributed by atoms with Crippen LogP contribution >= 0.6 is 27.5 Å². The Kier molecular flexibility index (Phi) is 15.3. The summed E-state index contributed by atoms with van der Waals surface area (Å²) in [5.74, 6) is 0.781. The van der Waals surface area contributed by atoms with Crippen molar-refractivity contribution >= 4 is 93.9 Å². The van der Waals surface area contributed by atoms with Crippen LogP contribution in [0.3, 0.4) is 0 Å². The highest BCUT2D eigenvalue weighted by Gasteiger charge is 2.20. The van der Waals surface area contributed by atoms with Crippen LogP contribution < -0.4 is 66.3 Å². The fourth-order valence-electron chi connectivity index (χ4n) is 6.72. The molecule has 9 rings (SSSR count). The summed E-state index contributed by atoms with van der Waals surface area (Å²) in [5.41, 5.74) is 2.66. The zero-order chi connectivity index (χ0) is 48.9. The van der Waals surface area contributed by atoms with Crippen LogP contribution in [-0.2, 0) is 28.2 Å². The fourth-order valence-corrected chi connectivity index (χ4v) is 7.52. The number of anilines is 4. The molecular formula is C45H50BrClN12O8. The van der Waals surface area contributed by atoms with Crippen LogP contribution in [0.1, 0.15) is 26.2 Å². The molecular weight excluding hydrogens is 952 g/mol. The summed E-state index contributed by atoms with van der Waals surface area (Å²) in [7, 11) is 9.28. The lowest BCUT2D eigenvalue weighted by Crippen LogP contribution is -2.32. The van der Waals surface area contributed by atoms with E-state index in [1.165, 1.54) is 41.0 Å². The van der Waals surface area contributed by atoms with E-state index in [1.54, 1.807) is 56.6 Å². The summed E-state index contributed by atoms with van der Waals surface area (Å²) >= 11 is 9.32. The number of rotatable bonds is 8. The second-order valence-corrected chi connectivity index (χ2v) is 17.0. The van der Waals surface area contributed by atoms with Crippen molar-refractivity contribution in [3.63, 3.8) is 0 Å². The van der Waals surface area contributed by atoms with E-state index in [9.17, 15) is 38.4 Å². The molecule has 1 fully saturated rings. The first-order valence-electron chi connectivity index (χ1n) is 21.0. The topological polar surface area (TPSA) is 268 Å². The van der Waals surface area contributed by atoms with Gasteiger partial charge in [-0.05, 0) is 102 Å². The molecule has 352 valence electrons. The number of nitrogens with one attached hydrogen (secondary N) is 8. The molecule has 1 saturated carbocycles. The number of nitrogens with zero attached hydrogens (tertiary/aromatic N) is 4. The molecule has 20 nitrogen and oxygen atoms in total. The predicted molar refractivity (Wildman–Crippen MR) is 271 cm³/mol. The van der Waals surface area contributed by atoms with Crippen molar-refractivity contribution in [3.8, 4) is 0 Å². The quantitative estimate of drug-likeness (QED) is 0.107. The minimum atomic E-state index is -0.443. The Morgan fingerprint density at radius 3 is 1.36 bits per heavy atom. The van der Waals surface area contributed by atoms with Gasteiger partial charge in [-0.25, -0.2) is 19.2 Å². The van der Waals surface area contributed by atoms with E-state index < -0.39 is 17.1 Å². The monoisotopic (exact) mass is 1000 g/mol. The lowest BCUT2D eigenvalue weighted by molar-refractivity contribution is 0.794. The molecule has 8 aromatic rings. The van der Waals surface area contributed by atoms with Gasteiger partial charge in [-0.3, -0.25) is 37.4 Å². The summed E-state index contributed by atoms with van der Waals surface area (Å²) in [6.45, 7) is 3.90. The molecule has 0 radical (unpaired) electrons. The van der Waals surface area contributed by atoms with E-state index in [2.05, 4.69) is 64.1 Å². The van der Waals surface area contributed by atoms with Gasteiger partial charge < -0.3 is 41.2 Å². The SMILES string of the molecule is CCCNc1ccc2c(=O)n(C)c(=O)[nH]c2c1.CNc1cc2[nH]c(=O)n(C)c(=O)c2cc1Br.CNc1cc2[nH]c(=O)n(C)c(=O)c2cc1Cl.Cn1c(=O)[nH]c2cc(NCC3CC3)ccc2c1=O. The van der Waals surface area contributed by atoms with Crippen LogP contribution in [0.2, 0.25) is 5.02 Å². The Morgan fingerprint density at radius 1 is 0.552 bits per heavy atom. The van der Waals surface area contributed by atoms with Gasteiger partial charge >= 0.3 is 22.8 Å². The number of aromatic nitrogens is 8. The first-order valence-corrected chi connectivity index (χ1v) is 22.2. The molecule has 0 atom stereocenters. The van der Waals surface area contributed by atoms with Gasteiger partial charge in [-0.2, -0.15) is 0 Å². The fraction of sp³-hybridized carbons (Fsp3) is 0.289. The third-order valence-corrected chi connectivity index (χ3v) is 12.0. The number of benzene rings is 4. The Balaban J connectivity index is 0.000000148. The summed E-state index contributed by atoms with van der Waals surface area (Å²) in [6, 6.07) is 17.4. The molecule has 1 aliphatic rings. The van der Waals surface area contributed by atoms with E-state index in [0.29, 0.717) is 54.3 Å². The number of hydrogen-bond donors (Lipinski definition) is 8. The molecule has 4 aromatic heterocycles. The molecule has 0 amide bonds. The standard InChI is InChI=1S/C13H15N3O2.C12H15N3O2.C10H10BrN3O2.C10H10ClN3O2/c1-16-12(17)10-5-4-9(14-7-8-2-3-8)6-11(10)15-13(16)18;1-3-6-13-8-4-5-9-10(7-8)14-12(17)15(2)11(9)16;2*1-12-8-4-7-5(3-6(8)11)9(15)14(2)10(16)13-7/h4-6,8,14H,2-3,7H2,1H3,(H,15,18);4-5,7,13H,3,6H2,1-2H3,(H,14,17);2*3-4,12H,1-2H3,(H,13,16). The predicted octanol–water partition coefficient (Wildman–Crippen LogP) is 4.05. The first-order chi connectivity index (χ1) is 31.9. The second-order valence-electron chi connectivity index (χ2n) is 15.7. The number of halogens is 2. The van der Waals surface area contributed by atoms with Gasteiger partial charge in [0.1, 0.15) is 0 Å². The van der Waals surface area contributed by atoms with Gasteiger partial charge in [0, 0.05) is 71.2 Å². The van der Waals surface area contributed by atoms with Crippen molar-refractivity contribution in [2.45, 2.75) is 26.2 Å². The van der Waals surface area contributed by atoms with E-state index >= 15 is 0 Å². The molecule has 67 heavy (non-hydrogen) atoms. The van der Waals surface area contributed by atoms with Crippen LogP contribution in [0, 0.1) is 5.92 Å². The van der Waals surface area contributed by atoms with Crippen molar-refractivity contribution in [3.05, 3.63) is 154 Å². The van der Waals surface area contributed by atoms with Crippen LogP contribution in [-0.4, -0.2) is 65.4 Å². The lowest BCUT2D eigenvalue weighted by atomic mass is 10.2. The number of hydrogen-bond acceptors (Lipinski definition) is 12. The number of H-pyrrole nitrogens is 4. The lowest BCUT2D eigenvalue weighted by Gasteiger charge is -2.07. The Hall–Kier alpha value is -7.39. The van der Waals surface area contributed by atoms with Crippen LogP contribution in [0.15, 0.2) is 103 Å². The molecule has 4 heterocycles. The van der Waals surface area contributed by atoms with Crippen molar-refractivity contribution in [1.82, 2.24) is 38.2 Å². The summed E-state index contributed by atoms with van der Waals surface area (Å²) in [4.78, 5) is 104. The van der Waals surface area contributed by atoms with E-state index in [1.807, 2.05) is 18.2 Å². The minimum Gasteiger partial charge on any atom is -0.387 e. The normalized spacial score (nSPS) is 11.8. The highest BCUT2D eigenvalue weighted by molar-refractivity contribution is 9.10. The minimum absolute atomic E-state index is 0.262. The van der Waals surface area contributed by atoms with Gasteiger partial charge in [0.15, 0.2) is 0 Å². The molecule has 4 aromatic carbocycles. The van der Waals surface area contributed by atoms with E-state index in [-0.39, 0.29) is 27.9 Å². The van der Waals surface area contributed by atoms with Crippen molar-refractivity contribution in [2.75, 3.05) is 48.5 Å². The zero-order valence-electron chi connectivity index (χ0n) is 37.7. The van der Waals surface area contributed by atoms with Crippen LogP contribution in [0.25, 0.3) is 43.6 Å². The Labute approximate surface area is 392 Å². The largest absolute Gasteiger partial charge is 0.387 e. The molecule has 22 heteroatoms. The molecule has 1 aliphatic carbocycles. The summed E-state index contributed by atoms with van der Waals surface area (Å²) < 4.78 is 5.00. The van der Waals surface area contributed by atoms with Gasteiger partial charge in [-0.1, -0.05) is 18.5 Å². The van der Waals surface area contributed by atoms with Gasteiger partial charge in [-0.15, -0.1) is 0 Å². The van der Waals surface area contributed by atoms with Gasteiger partial charge in [0.2, 0.25) is 0 Å². The average Bonchev–Trinajstić information content (AvgIpc) is 4.15. The van der Waals surface area contributed by atoms with Crippen LogP contribution in [0.4, 0.5) is 22.7 Å². The maximum atomic E-state index is 11.9. The molecule has 0 spiro atoms. The summed E-state index contributed by atoms with van der Waals surface area (Å²) in [5, 5.41) is 14.7. The summed E-state index contributed by atoms with van der Waals surface area (Å²) in [6.07, 6.45) is 3.60. The number of fused-ring (bicyclic) bond motifs is 4. The smallest absolute Gasteiger partial charge is 0.328 e. The molecule has 0 bridgehead atoms. The highest BCUT2D eigenvalue weighted by atomic mass is 79.9. The van der Waals surface area contributed by atoms with Crippen molar-refractivity contribution in [1.29, 1.82) is 0 Å². The Morgan fingerprint density at radius 2 is 0.940 bits per heavy atom.